The van der Waals surface area contributed by atoms with Crippen LogP contribution in [0.25, 0.3) is 5.65 Å². The minimum absolute atomic E-state index is 0.0439. The summed E-state index contributed by atoms with van der Waals surface area (Å²) in [5.41, 5.74) is 1.17. The highest BCUT2D eigenvalue weighted by Gasteiger charge is 2.21. The first-order valence-corrected chi connectivity index (χ1v) is 11.2. The molecule has 0 aliphatic heterocycles. The molecule has 164 valence electrons. The molecule has 0 bridgehead atoms. The van der Waals surface area contributed by atoms with Crippen molar-refractivity contribution in [1.29, 1.82) is 0 Å². The van der Waals surface area contributed by atoms with Crippen molar-refractivity contribution in [2.45, 2.75) is 11.4 Å². The van der Waals surface area contributed by atoms with Gasteiger partial charge in [-0.05, 0) is 48.0 Å². The largest absolute Gasteiger partial charge is 0.465 e. The van der Waals surface area contributed by atoms with Crippen LogP contribution in [0.4, 0.5) is 5.69 Å². The van der Waals surface area contributed by atoms with Crippen LogP contribution in [-0.4, -0.2) is 35.7 Å². The fraction of sp³-hybridized carbons (Fsp3) is 0.0952. The quantitative estimate of drug-likeness (QED) is 0.432. The number of rotatable bonds is 6. The third kappa shape index (κ3) is 4.23. The SMILES string of the molecule is COC(=O)c1ccc(Cl)c(S(=O)(=O)Nc2cccc(Cn3nc4ccccn4c3=O)c2)c1. The summed E-state index contributed by atoms with van der Waals surface area (Å²) in [5.74, 6) is -0.682. The zero-order chi connectivity index (χ0) is 22.9. The highest BCUT2D eigenvalue weighted by atomic mass is 35.5. The summed E-state index contributed by atoms with van der Waals surface area (Å²) in [6.07, 6.45) is 1.62. The lowest BCUT2D eigenvalue weighted by Crippen LogP contribution is -2.21. The molecule has 2 aromatic heterocycles. The first-order valence-electron chi connectivity index (χ1n) is 9.32. The number of ether oxygens (including phenoxy) is 1. The topological polar surface area (TPSA) is 112 Å². The lowest BCUT2D eigenvalue weighted by atomic mass is 10.2. The van der Waals surface area contributed by atoms with E-state index in [1.165, 1.54) is 28.3 Å². The fourth-order valence-corrected chi connectivity index (χ4v) is 4.72. The van der Waals surface area contributed by atoms with Crippen LogP contribution >= 0.6 is 11.6 Å². The van der Waals surface area contributed by atoms with E-state index in [4.69, 9.17) is 11.6 Å². The third-order valence-corrected chi connectivity index (χ3v) is 6.50. The number of methoxy groups -OCH3 is 1. The molecule has 0 unspecified atom stereocenters. The van der Waals surface area contributed by atoms with Gasteiger partial charge >= 0.3 is 11.7 Å². The van der Waals surface area contributed by atoms with Crippen LogP contribution in [-0.2, 0) is 21.3 Å². The number of nitrogens with zero attached hydrogens (tertiary/aromatic N) is 3. The van der Waals surface area contributed by atoms with Crippen LogP contribution in [0.3, 0.4) is 0 Å². The monoisotopic (exact) mass is 472 g/mol. The number of hydrogen-bond donors (Lipinski definition) is 1. The summed E-state index contributed by atoms with van der Waals surface area (Å²) < 4.78 is 35.6. The molecule has 2 aromatic carbocycles. The van der Waals surface area contributed by atoms with E-state index >= 15 is 0 Å². The zero-order valence-corrected chi connectivity index (χ0v) is 18.3. The van der Waals surface area contributed by atoms with Crippen LogP contribution in [0.1, 0.15) is 15.9 Å². The van der Waals surface area contributed by atoms with Gasteiger partial charge in [0.05, 0.1) is 24.2 Å². The van der Waals surface area contributed by atoms with Crippen LogP contribution in [0.15, 0.2) is 76.6 Å². The van der Waals surface area contributed by atoms with Gasteiger partial charge in [0.1, 0.15) is 4.90 Å². The minimum Gasteiger partial charge on any atom is -0.465 e. The minimum atomic E-state index is -4.10. The molecule has 4 rings (SSSR count). The Bertz CT molecular complexity index is 1490. The maximum atomic E-state index is 12.9. The smallest absolute Gasteiger partial charge is 0.350 e. The molecular formula is C21H17ClN4O5S. The molecule has 0 radical (unpaired) electrons. The molecule has 0 aliphatic rings. The number of esters is 1. The number of sulfonamides is 1. The lowest BCUT2D eigenvalue weighted by molar-refractivity contribution is 0.0600. The first kappa shape index (κ1) is 21.6. The number of hydrogen-bond acceptors (Lipinski definition) is 6. The van der Waals surface area contributed by atoms with Crippen molar-refractivity contribution in [3.8, 4) is 0 Å². The van der Waals surface area contributed by atoms with E-state index in [0.29, 0.717) is 11.2 Å². The predicted octanol–water partition coefficient (Wildman–Crippen LogP) is 2.79. The summed E-state index contributed by atoms with van der Waals surface area (Å²) in [7, 11) is -2.91. The first-order chi connectivity index (χ1) is 15.3. The fourth-order valence-electron chi connectivity index (χ4n) is 3.14. The van der Waals surface area contributed by atoms with Gasteiger partial charge < -0.3 is 4.74 Å². The highest BCUT2D eigenvalue weighted by molar-refractivity contribution is 7.92. The number of pyridine rings is 1. The molecule has 32 heavy (non-hydrogen) atoms. The van der Waals surface area contributed by atoms with E-state index in [1.54, 1.807) is 48.7 Å². The molecule has 11 heteroatoms. The van der Waals surface area contributed by atoms with Crippen molar-refractivity contribution in [3.63, 3.8) is 0 Å². The Hall–Kier alpha value is -3.63. The Kier molecular flexibility index (Phi) is 5.72. The Morgan fingerprint density at radius 1 is 1.12 bits per heavy atom. The molecular weight excluding hydrogens is 456 g/mol. The van der Waals surface area contributed by atoms with Crippen LogP contribution in [0.5, 0.6) is 0 Å². The zero-order valence-electron chi connectivity index (χ0n) is 16.7. The van der Waals surface area contributed by atoms with E-state index in [2.05, 4.69) is 14.6 Å². The predicted molar refractivity (Wildman–Crippen MR) is 119 cm³/mol. The Labute approximate surface area is 187 Å². The second-order valence-electron chi connectivity index (χ2n) is 6.81. The van der Waals surface area contributed by atoms with Crippen molar-refractivity contribution >= 4 is 38.9 Å². The maximum absolute atomic E-state index is 12.9. The van der Waals surface area contributed by atoms with Gasteiger partial charge in [-0.25, -0.2) is 22.7 Å². The normalized spacial score (nSPS) is 11.4. The maximum Gasteiger partial charge on any atom is 0.350 e. The molecule has 2 heterocycles. The molecule has 0 spiro atoms. The number of carbonyl (C=O) groups is 1. The van der Waals surface area contributed by atoms with Gasteiger partial charge in [-0.1, -0.05) is 29.8 Å². The molecule has 4 aromatic rings. The average molecular weight is 473 g/mol. The van der Waals surface area contributed by atoms with Crippen molar-refractivity contribution in [1.82, 2.24) is 14.2 Å². The standard InChI is InChI=1S/C21H17ClN4O5S/c1-31-20(27)15-8-9-17(22)18(12-15)32(29,30)24-16-6-4-5-14(11-16)13-26-21(28)25-10-3-2-7-19(25)23-26/h2-12,24H,13H2,1H3. The van der Waals surface area contributed by atoms with E-state index in [-0.39, 0.29) is 33.4 Å². The van der Waals surface area contributed by atoms with E-state index in [9.17, 15) is 18.0 Å². The number of halogens is 1. The molecule has 0 saturated carbocycles. The average Bonchev–Trinajstić information content (AvgIpc) is 3.08. The number of fused-ring (bicyclic) bond motifs is 1. The summed E-state index contributed by atoms with van der Waals surface area (Å²) in [6, 6.07) is 15.6. The molecule has 9 nitrogen and oxygen atoms in total. The number of nitrogens with one attached hydrogen (secondary N) is 1. The molecule has 0 amide bonds. The number of carbonyl (C=O) groups excluding carboxylic acids is 1. The summed E-state index contributed by atoms with van der Waals surface area (Å²) in [6.45, 7) is 0.147. The van der Waals surface area contributed by atoms with Gasteiger partial charge in [0.15, 0.2) is 5.65 Å². The third-order valence-electron chi connectivity index (χ3n) is 4.64. The lowest BCUT2D eigenvalue weighted by Gasteiger charge is -2.11. The molecule has 0 fully saturated rings. The van der Waals surface area contributed by atoms with Gasteiger partial charge in [-0.2, -0.15) is 0 Å². The van der Waals surface area contributed by atoms with Gasteiger partial charge in [0.2, 0.25) is 0 Å². The molecule has 0 atom stereocenters. The van der Waals surface area contributed by atoms with Crippen LogP contribution < -0.4 is 10.4 Å². The number of benzene rings is 2. The second kappa shape index (κ2) is 8.48. The Morgan fingerprint density at radius 3 is 2.69 bits per heavy atom. The van der Waals surface area contributed by atoms with Gasteiger partial charge in [-0.15, -0.1) is 5.10 Å². The van der Waals surface area contributed by atoms with E-state index in [1.807, 2.05) is 0 Å². The van der Waals surface area contributed by atoms with Crippen LogP contribution in [0.2, 0.25) is 5.02 Å². The number of aromatic nitrogens is 3. The van der Waals surface area contributed by atoms with Crippen molar-refractivity contribution in [2.75, 3.05) is 11.8 Å². The van der Waals surface area contributed by atoms with Crippen molar-refractivity contribution in [2.24, 2.45) is 0 Å². The van der Waals surface area contributed by atoms with Crippen LogP contribution in [0, 0.1) is 0 Å². The van der Waals surface area contributed by atoms with E-state index in [0.717, 1.165) is 6.07 Å². The molecule has 1 N–H and O–H groups in total. The molecule has 0 saturated heterocycles. The summed E-state index contributed by atoms with van der Waals surface area (Å²) >= 11 is 6.07. The number of anilines is 1. The van der Waals surface area contributed by atoms with Crippen molar-refractivity contribution < 1.29 is 17.9 Å². The summed E-state index contributed by atoms with van der Waals surface area (Å²) in [5, 5.41) is 4.23. The highest BCUT2D eigenvalue weighted by Crippen LogP contribution is 2.26. The van der Waals surface area contributed by atoms with Gasteiger partial charge in [-0.3, -0.25) is 9.12 Å². The second-order valence-corrected chi connectivity index (χ2v) is 8.87. The Balaban J connectivity index is 1.62. The summed E-state index contributed by atoms with van der Waals surface area (Å²) in [4.78, 5) is 24.0. The van der Waals surface area contributed by atoms with E-state index < -0.39 is 16.0 Å². The molecule has 0 aliphatic carbocycles. The van der Waals surface area contributed by atoms with Gasteiger partial charge in [0, 0.05) is 11.9 Å². The Morgan fingerprint density at radius 2 is 1.94 bits per heavy atom. The van der Waals surface area contributed by atoms with Crippen molar-refractivity contribution in [3.05, 3.63) is 93.5 Å². The van der Waals surface area contributed by atoms with Gasteiger partial charge in [0.25, 0.3) is 10.0 Å².